The van der Waals surface area contributed by atoms with E-state index >= 15 is 0 Å². The van der Waals surface area contributed by atoms with Crippen LogP contribution in [0.15, 0.2) is 29.6 Å². The van der Waals surface area contributed by atoms with Crippen molar-refractivity contribution in [3.8, 4) is 0 Å². The van der Waals surface area contributed by atoms with Gasteiger partial charge >= 0.3 is 0 Å². The molecule has 0 radical (unpaired) electrons. The van der Waals surface area contributed by atoms with E-state index in [2.05, 4.69) is 16.8 Å². The smallest absolute Gasteiger partial charge is 0.129 e. The largest absolute Gasteiger partial charge is 0.306 e. The van der Waals surface area contributed by atoms with E-state index in [9.17, 15) is 4.39 Å². The fraction of sp³-hybridized carbons (Fsp3) is 0.333. The Morgan fingerprint density at radius 1 is 1.37 bits per heavy atom. The summed E-state index contributed by atoms with van der Waals surface area (Å²) in [5.41, 5.74) is 1.94. The molecule has 0 amide bonds. The van der Waals surface area contributed by atoms with Crippen molar-refractivity contribution in [3.05, 3.63) is 56.5 Å². The number of aryl methyl sites for hydroxylation is 1. The molecule has 3 rings (SSSR count). The standard InChI is InChI=1S/C15H15ClFNS/c16-12-3-1-4-13(17)11(12)9-18-14-5-2-6-15-10(14)7-8-19-15/h1,3-4,7-8,14,18H,2,5-6,9H2. The van der Waals surface area contributed by atoms with Crippen LogP contribution in [0.25, 0.3) is 0 Å². The van der Waals surface area contributed by atoms with E-state index in [0.717, 1.165) is 6.42 Å². The fourth-order valence-corrected chi connectivity index (χ4v) is 3.84. The Kier molecular flexibility index (Phi) is 3.87. The van der Waals surface area contributed by atoms with Gasteiger partial charge in [0.05, 0.1) is 0 Å². The maximum Gasteiger partial charge on any atom is 0.129 e. The molecule has 1 heterocycles. The highest BCUT2D eigenvalue weighted by Crippen LogP contribution is 2.33. The summed E-state index contributed by atoms with van der Waals surface area (Å²) in [6.07, 6.45) is 3.47. The Bertz CT molecular complexity index is 561. The second-order valence-corrected chi connectivity index (χ2v) is 6.23. The second kappa shape index (κ2) is 5.61. The van der Waals surface area contributed by atoms with E-state index in [0.29, 0.717) is 23.2 Å². The normalized spacial score (nSPS) is 18.3. The topological polar surface area (TPSA) is 12.0 Å². The molecule has 1 aromatic carbocycles. The van der Waals surface area contributed by atoms with Gasteiger partial charge in [0, 0.05) is 28.0 Å². The number of hydrogen-bond acceptors (Lipinski definition) is 2. The van der Waals surface area contributed by atoms with Crippen LogP contribution in [0.3, 0.4) is 0 Å². The lowest BCUT2D eigenvalue weighted by Gasteiger charge is -2.24. The maximum absolute atomic E-state index is 13.7. The van der Waals surface area contributed by atoms with Crippen LogP contribution in [0, 0.1) is 5.82 Å². The summed E-state index contributed by atoms with van der Waals surface area (Å²) in [6, 6.07) is 7.34. The molecule has 1 aliphatic rings. The number of nitrogens with one attached hydrogen (secondary N) is 1. The van der Waals surface area contributed by atoms with E-state index in [1.165, 1.54) is 29.3 Å². The molecular weight excluding hydrogens is 281 g/mol. The highest BCUT2D eigenvalue weighted by molar-refractivity contribution is 7.10. The van der Waals surface area contributed by atoms with Crippen LogP contribution in [-0.4, -0.2) is 0 Å². The van der Waals surface area contributed by atoms with Crippen molar-refractivity contribution in [2.24, 2.45) is 0 Å². The Morgan fingerprint density at radius 2 is 2.26 bits per heavy atom. The first kappa shape index (κ1) is 13.1. The van der Waals surface area contributed by atoms with Crippen LogP contribution in [0.2, 0.25) is 5.02 Å². The molecule has 1 N–H and O–H groups in total. The number of hydrogen-bond donors (Lipinski definition) is 1. The van der Waals surface area contributed by atoms with Crippen molar-refractivity contribution in [1.82, 2.24) is 5.32 Å². The molecule has 0 aliphatic heterocycles. The summed E-state index contributed by atoms with van der Waals surface area (Å²) in [5.74, 6) is -0.235. The molecule has 1 aliphatic carbocycles. The Balaban J connectivity index is 1.74. The lowest BCUT2D eigenvalue weighted by Crippen LogP contribution is -2.24. The molecule has 0 fully saturated rings. The number of fused-ring (bicyclic) bond motifs is 1. The van der Waals surface area contributed by atoms with E-state index in [4.69, 9.17) is 11.6 Å². The monoisotopic (exact) mass is 295 g/mol. The van der Waals surface area contributed by atoms with Crippen molar-refractivity contribution in [2.45, 2.75) is 31.8 Å². The summed E-state index contributed by atoms with van der Waals surface area (Å²) >= 11 is 7.87. The molecule has 1 unspecified atom stereocenters. The quantitative estimate of drug-likeness (QED) is 0.865. The molecule has 2 aromatic rings. The molecule has 100 valence electrons. The first-order valence-electron chi connectivity index (χ1n) is 6.48. The van der Waals surface area contributed by atoms with Crippen molar-refractivity contribution in [2.75, 3.05) is 0 Å². The maximum atomic E-state index is 13.7. The predicted molar refractivity (Wildman–Crippen MR) is 78.2 cm³/mol. The van der Waals surface area contributed by atoms with Gasteiger partial charge < -0.3 is 5.32 Å². The molecule has 0 spiro atoms. The van der Waals surface area contributed by atoms with Gasteiger partial charge in [0.2, 0.25) is 0 Å². The van der Waals surface area contributed by atoms with E-state index in [-0.39, 0.29) is 5.82 Å². The Hall–Kier alpha value is -0.900. The third-order valence-electron chi connectivity index (χ3n) is 3.64. The van der Waals surface area contributed by atoms with Crippen molar-refractivity contribution < 1.29 is 4.39 Å². The zero-order valence-corrected chi connectivity index (χ0v) is 12.0. The predicted octanol–water partition coefficient (Wildman–Crippen LogP) is 4.71. The van der Waals surface area contributed by atoms with Gasteiger partial charge in [-0.25, -0.2) is 4.39 Å². The van der Waals surface area contributed by atoms with Gasteiger partial charge in [-0.15, -0.1) is 11.3 Å². The minimum Gasteiger partial charge on any atom is -0.306 e. The number of rotatable bonds is 3. The minimum absolute atomic E-state index is 0.235. The van der Waals surface area contributed by atoms with Crippen LogP contribution >= 0.6 is 22.9 Å². The molecule has 19 heavy (non-hydrogen) atoms. The third-order valence-corrected chi connectivity index (χ3v) is 4.99. The zero-order valence-electron chi connectivity index (χ0n) is 10.5. The first-order valence-corrected chi connectivity index (χ1v) is 7.74. The van der Waals surface area contributed by atoms with Gasteiger partial charge in [-0.3, -0.25) is 0 Å². The van der Waals surface area contributed by atoms with Crippen LogP contribution < -0.4 is 5.32 Å². The molecule has 0 saturated carbocycles. The summed E-state index contributed by atoms with van der Waals surface area (Å²) in [7, 11) is 0. The highest BCUT2D eigenvalue weighted by Gasteiger charge is 2.21. The van der Waals surface area contributed by atoms with Crippen LogP contribution in [0.1, 0.15) is 34.9 Å². The van der Waals surface area contributed by atoms with Gasteiger partial charge in [-0.2, -0.15) is 0 Å². The minimum atomic E-state index is -0.235. The summed E-state index contributed by atoms with van der Waals surface area (Å²) < 4.78 is 13.7. The molecule has 1 aromatic heterocycles. The number of thiophene rings is 1. The Labute approximate surface area is 121 Å². The SMILES string of the molecule is Fc1cccc(Cl)c1CNC1CCCc2sccc21. The third kappa shape index (κ3) is 2.69. The van der Waals surface area contributed by atoms with Gasteiger partial charge in [-0.05, 0) is 48.4 Å². The van der Waals surface area contributed by atoms with Crippen LogP contribution in [-0.2, 0) is 13.0 Å². The first-order chi connectivity index (χ1) is 9.25. The van der Waals surface area contributed by atoms with Crippen molar-refractivity contribution in [1.29, 1.82) is 0 Å². The van der Waals surface area contributed by atoms with Crippen molar-refractivity contribution >= 4 is 22.9 Å². The number of halogens is 2. The lowest BCUT2D eigenvalue weighted by molar-refractivity contribution is 0.456. The molecule has 0 bridgehead atoms. The lowest BCUT2D eigenvalue weighted by atomic mass is 9.94. The zero-order chi connectivity index (χ0) is 13.2. The van der Waals surface area contributed by atoms with E-state index < -0.39 is 0 Å². The average molecular weight is 296 g/mol. The van der Waals surface area contributed by atoms with Crippen molar-refractivity contribution in [3.63, 3.8) is 0 Å². The molecule has 4 heteroatoms. The summed E-state index contributed by atoms with van der Waals surface area (Å²) in [5, 5.41) is 6.08. The van der Waals surface area contributed by atoms with E-state index in [1.807, 2.05) is 11.3 Å². The molecular formula is C15H15ClFNS. The molecule has 1 atom stereocenters. The highest BCUT2D eigenvalue weighted by atomic mass is 35.5. The van der Waals surface area contributed by atoms with Gasteiger partial charge in [0.25, 0.3) is 0 Å². The van der Waals surface area contributed by atoms with Crippen LogP contribution in [0.5, 0.6) is 0 Å². The average Bonchev–Trinajstić information content (AvgIpc) is 2.87. The molecule has 1 nitrogen and oxygen atoms in total. The summed E-state index contributed by atoms with van der Waals surface area (Å²) in [4.78, 5) is 1.46. The van der Waals surface area contributed by atoms with Crippen LogP contribution in [0.4, 0.5) is 4.39 Å². The number of benzene rings is 1. The Morgan fingerprint density at radius 3 is 3.11 bits per heavy atom. The fourth-order valence-electron chi connectivity index (χ4n) is 2.62. The van der Waals surface area contributed by atoms with Gasteiger partial charge in [0.1, 0.15) is 5.82 Å². The van der Waals surface area contributed by atoms with E-state index in [1.54, 1.807) is 12.1 Å². The van der Waals surface area contributed by atoms with Gasteiger partial charge in [-0.1, -0.05) is 17.7 Å². The second-order valence-electron chi connectivity index (χ2n) is 4.83. The van der Waals surface area contributed by atoms with Gasteiger partial charge in [0.15, 0.2) is 0 Å². The molecule has 0 saturated heterocycles. The summed E-state index contributed by atoms with van der Waals surface area (Å²) in [6.45, 7) is 0.478.